The van der Waals surface area contributed by atoms with E-state index >= 15 is 0 Å². The topological polar surface area (TPSA) is 40.5 Å². The van der Waals surface area contributed by atoms with E-state index in [0.717, 1.165) is 18.7 Å². The van der Waals surface area contributed by atoms with Gasteiger partial charge in [-0.15, -0.1) is 0 Å². The minimum Gasteiger partial charge on any atom is -0.508 e. The van der Waals surface area contributed by atoms with Gasteiger partial charge >= 0.3 is 0 Å². The van der Waals surface area contributed by atoms with Crippen molar-refractivity contribution in [1.82, 2.24) is 4.90 Å². The maximum atomic E-state index is 11.7. The molecule has 0 unspecified atom stereocenters. The van der Waals surface area contributed by atoms with Gasteiger partial charge in [-0.05, 0) is 31.9 Å². The molecule has 1 amide bonds. The molecule has 0 saturated heterocycles. The van der Waals surface area contributed by atoms with Crippen molar-refractivity contribution in [3.8, 4) is 5.75 Å². The zero-order valence-corrected chi connectivity index (χ0v) is 9.94. The van der Waals surface area contributed by atoms with Crippen LogP contribution in [-0.4, -0.2) is 29.0 Å². The summed E-state index contributed by atoms with van der Waals surface area (Å²) in [6.07, 6.45) is 1.06. The molecule has 0 atom stereocenters. The summed E-state index contributed by atoms with van der Waals surface area (Å²) in [4.78, 5) is 13.5. The molecule has 0 aliphatic heterocycles. The summed E-state index contributed by atoms with van der Waals surface area (Å²) >= 11 is 0. The molecule has 1 N–H and O–H groups in total. The first-order valence-electron chi connectivity index (χ1n) is 5.73. The quantitative estimate of drug-likeness (QED) is 0.828. The third-order valence-corrected chi connectivity index (χ3v) is 2.72. The van der Waals surface area contributed by atoms with Crippen LogP contribution in [0.2, 0.25) is 0 Å². The van der Waals surface area contributed by atoms with Crippen LogP contribution in [0.4, 0.5) is 0 Å². The zero-order valence-electron chi connectivity index (χ0n) is 9.94. The highest BCUT2D eigenvalue weighted by Crippen LogP contribution is 2.17. The van der Waals surface area contributed by atoms with Crippen LogP contribution in [-0.2, 0) is 11.2 Å². The van der Waals surface area contributed by atoms with Crippen LogP contribution in [0.5, 0.6) is 5.75 Å². The summed E-state index contributed by atoms with van der Waals surface area (Å²) in [7, 11) is 0. The van der Waals surface area contributed by atoms with Gasteiger partial charge < -0.3 is 10.0 Å². The number of hydrogen-bond acceptors (Lipinski definition) is 2. The lowest BCUT2D eigenvalue weighted by Gasteiger charge is -2.18. The molecule has 0 aliphatic carbocycles. The predicted octanol–water partition coefficient (Wildman–Crippen LogP) is 2.19. The van der Waals surface area contributed by atoms with Crippen LogP contribution in [0.3, 0.4) is 0 Å². The number of amides is 1. The molecule has 1 rings (SSSR count). The number of hydrogen-bond donors (Lipinski definition) is 1. The third kappa shape index (κ3) is 3.26. The molecule has 0 aliphatic rings. The zero-order chi connectivity index (χ0) is 12.0. The molecule has 0 bridgehead atoms. The Hall–Kier alpha value is -1.51. The Morgan fingerprint density at radius 3 is 2.44 bits per heavy atom. The van der Waals surface area contributed by atoms with Crippen molar-refractivity contribution in [1.29, 1.82) is 0 Å². The summed E-state index contributed by atoms with van der Waals surface area (Å²) in [6.45, 7) is 5.44. The molecule has 0 saturated carbocycles. The first kappa shape index (κ1) is 12.6. The van der Waals surface area contributed by atoms with Gasteiger partial charge in [0.2, 0.25) is 5.91 Å². The molecule has 3 heteroatoms. The van der Waals surface area contributed by atoms with Crippen molar-refractivity contribution in [2.45, 2.75) is 26.7 Å². The van der Waals surface area contributed by atoms with Crippen LogP contribution >= 0.6 is 0 Å². The van der Waals surface area contributed by atoms with Crippen molar-refractivity contribution >= 4 is 5.91 Å². The average molecular weight is 221 g/mol. The number of para-hydroxylation sites is 1. The van der Waals surface area contributed by atoms with Crippen molar-refractivity contribution < 1.29 is 9.90 Å². The number of benzene rings is 1. The van der Waals surface area contributed by atoms with Gasteiger partial charge in [-0.3, -0.25) is 4.79 Å². The Labute approximate surface area is 96.7 Å². The number of phenolic OH excluding ortho intramolecular Hbond substituents is 1. The Balaban J connectivity index is 2.52. The second kappa shape index (κ2) is 6.16. The SMILES string of the molecule is CCN(CC)C(=O)CCc1ccccc1O. The van der Waals surface area contributed by atoms with E-state index in [0.29, 0.717) is 12.8 Å². The molecule has 3 nitrogen and oxygen atoms in total. The second-order valence-electron chi connectivity index (χ2n) is 3.69. The summed E-state index contributed by atoms with van der Waals surface area (Å²) in [6, 6.07) is 7.16. The summed E-state index contributed by atoms with van der Waals surface area (Å²) in [5, 5.41) is 9.55. The minimum absolute atomic E-state index is 0.147. The Morgan fingerprint density at radius 2 is 1.88 bits per heavy atom. The summed E-state index contributed by atoms with van der Waals surface area (Å²) < 4.78 is 0. The first-order chi connectivity index (χ1) is 7.69. The lowest BCUT2D eigenvalue weighted by molar-refractivity contribution is -0.130. The fourth-order valence-electron chi connectivity index (χ4n) is 1.70. The van der Waals surface area contributed by atoms with Crippen molar-refractivity contribution in [2.75, 3.05) is 13.1 Å². The van der Waals surface area contributed by atoms with E-state index in [2.05, 4.69) is 0 Å². The smallest absolute Gasteiger partial charge is 0.222 e. The van der Waals surface area contributed by atoms with E-state index in [1.165, 1.54) is 0 Å². The number of phenols is 1. The first-order valence-corrected chi connectivity index (χ1v) is 5.73. The lowest BCUT2D eigenvalue weighted by Crippen LogP contribution is -2.30. The van der Waals surface area contributed by atoms with Crippen LogP contribution in [0.25, 0.3) is 0 Å². The van der Waals surface area contributed by atoms with E-state index in [9.17, 15) is 9.90 Å². The molecule has 1 aromatic carbocycles. The van der Waals surface area contributed by atoms with Gasteiger partial charge in [-0.2, -0.15) is 0 Å². The normalized spacial score (nSPS) is 10.1. The van der Waals surface area contributed by atoms with Gasteiger partial charge in [0.1, 0.15) is 5.75 Å². The maximum Gasteiger partial charge on any atom is 0.222 e. The summed E-state index contributed by atoms with van der Waals surface area (Å²) in [5.41, 5.74) is 0.836. The number of carbonyl (C=O) groups excluding carboxylic acids is 1. The van der Waals surface area contributed by atoms with E-state index in [-0.39, 0.29) is 11.7 Å². The van der Waals surface area contributed by atoms with Gasteiger partial charge in [0, 0.05) is 19.5 Å². The highest BCUT2D eigenvalue weighted by atomic mass is 16.3. The van der Waals surface area contributed by atoms with E-state index in [1.807, 2.05) is 26.0 Å². The monoisotopic (exact) mass is 221 g/mol. The lowest BCUT2D eigenvalue weighted by atomic mass is 10.1. The molecule has 88 valence electrons. The summed E-state index contributed by atoms with van der Waals surface area (Å²) in [5.74, 6) is 0.420. The van der Waals surface area contributed by atoms with E-state index in [4.69, 9.17) is 0 Å². The van der Waals surface area contributed by atoms with Crippen LogP contribution in [0.1, 0.15) is 25.8 Å². The fraction of sp³-hybridized carbons (Fsp3) is 0.462. The fourth-order valence-corrected chi connectivity index (χ4v) is 1.70. The number of nitrogens with zero attached hydrogens (tertiary/aromatic N) is 1. The molecule has 16 heavy (non-hydrogen) atoms. The average Bonchev–Trinajstić information content (AvgIpc) is 2.29. The van der Waals surface area contributed by atoms with Crippen molar-refractivity contribution in [3.05, 3.63) is 29.8 Å². The molecule has 0 spiro atoms. The number of aryl methyl sites for hydroxylation is 1. The van der Waals surface area contributed by atoms with Crippen LogP contribution in [0.15, 0.2) is 24.3 Å². The highest BCUT2D eigenvalue weighted by molar-refractivity contribution is 5.76. The molecule has 0 radical (unpaired) electrons. The molecular weight excluding hydrogens is 202 g/mol. The molecule has 1 aromatic rings. The second-order valence-corrected chi connectivity index (χ2v) is 3.69. The molecule has 0 heterocycles. The van der Waals surface area contributed by atoms with Crippen LogP contribution < -0.4 is 0 Å². The number of aromatic hydroxyl groups is 1. The predicted molar refractivity (Wildman–Crippen MR) is 64.4 cm³/mol. The molecular formula is C13H19NO2. The maximum absolute atomic E-state index is 11.7. The van der Waals surface area contributed by atoms with E-state index < -0.39 is 0 Å². The van der Waals surface area contributed by atoms with Crippen molar-refractivity contribution in [2.24, 2.45) is 0 Å². The Kier molecular flexibility index (Phi) is 4.83. The Morgan fingerprint density at radius 1 is 1.25 bits per heavy atom. The third-order valence-electron chi connectivity index (χ3n) is 2.72. The Bertz CT molecular complexity index is 346. The van der Waals surface area contributed by atoms with Crippen molar-refractivity contribution in [3.63, 3.8) is 0 Å². The minimum atomic E-state index is 0.147. The largest absolute Gasteiger partial charge is 0.508 e. The van der Waals surface area contributed by atoms with Crippen LogP contribution in [0, 0.1) is 0 Å². The number of rotatable bonds is 5. The molecule has 0 aromatic heterocycles. The van der Waals surface area contributed by atoms with Gasteiger partial charge in [-0.1, -0.05) is 18.2 Å². The van der Waals surface area contributed by atoms with Gasteiger partial charge in [-0.25, -0.2) is 0 Å². The number of carbonyl (C=O) groups is 1. The van der Waals surface area contributed by atoms with Gasteiger partial charge in [0.25, 0.3) is 0 Å². The standard InChI is InChI=1S/C13H19NO2/c1-3-14(4-2)13(16)10-9-11-7-5-6-8-12(11)15/h5-8,15H,3-4,9-10H2,1-2H3. The highest BCUT2D eigenvalue weighted by Gasteiger charge is 2.10. The van der Waals surface area contributed by atoms with E-state index in [1.54, 1.807) is 17.0 Å². The van der Waals surface area contributed by atoms with Gasteiger partial charge in [0.05, 0.1) is 0 Å². The molecule has 0 fully saturated rings. The van der Waals surface area contributed by atoms with Gasteiger partial charge in [0.15, 0.2) is 0 Å².